The number of para-hydroxylation sites is 1. The molecule has 0 bridgehead atoms. The van der Waals surface area contributed by atoms with Crippen molar-refractivity contribution in [1.82, 2.24) is 4.98 Å². The van der Waals surface area contributed by atoms with Gasteiger partial charge in [-0.2, -0.15) is 0 Å². The number of carbonyl (C=O) groups excluding carboxylic acids is 1. The van der Waals surface area contributed by atoms with E-state index >= 15 is 0 Å². The average molecular weight is 281 g/mol. The molecule has 0 aliphatic carbocycles. The van der Waals surface area contributed by atoms with Gasteiger partial charge in [0, 0.05) is 11.1 Å². The molecule has 0 saturated heterocycles. The van der Waals surface area contributed by atoms with Crippen LogP contribution in [0.1, 0.15) is 10.4 Å². The molecule has 0 saturated carbocycles. The molecule has 0 unspecified atom stereocenters. The van der Waals surface area contributed by atoms with Crippen molar-refractivity contribution < 1.29 is 9.18 Å². The van der Waals surface area contributed by atoms with Crippen molar-refractivity contribution in [3.05, 3.63) is 66.0 Å². The lowest BCUT2D eigenvalue weighted by Gasteiger charge is -2.09. The molecular formula is C16H12FN3O. The van der Waals surface area contributed by atoms with E-state index in [-0.39, 0.29) is 17.5 Å². The zero-order valence-electron chi connectivity index (χ0n) is 11.0. The molecule has 1 amide bonds. The number of anilines is 2. The van der Waals surface area contributed by atoms with Crippen LogP contribution < -0.4 is 11.1 Å². The zero-order valence-corrected chi connectivity index (χ0v) is 11.0. The van der Waals surface area contributed by atoms with Crippen LogP contribution in [0, 0.1) is 5.82 Å². The van der Waals surface area contributed by atoms with E-state index in [0.717, 1.165) is 0 Å². The Labute approximate surface area is 120 Å². The van der Waals surface area contributed by atoms with Crippen LogP contribution in [0.15, 0.2) is 54.6 Å². The highest BCUT2D eigenvalue weighted by Crippen LogP contribution is 2.20. The van der Waals surface area contributed by atoms with Crippen molar-refractivity contribution >= 4 is 28.3 Å². The predicted octanol–water partition coefficient (Wildman–Crippen LogP) is 3.21. The number of carbonyl (C=O) groups is 1. The van der Waals surface area contributed by atoms with Crippen molar-refractivity contribution in [1.29, 1.82) is 0 Å². The summed E-state index contributed by atoms with van der Waals surface area (Å²) in [6, 6.07) is 14.4. The topological polar surface area (TPSA) is 68.0 Å². The molecule has 21 heavy (non-hydrogen) atoms. The highest BCUT2D eigenvalue weighted by Gasteiger charge is 2.12. The largest absolute Gasteiger partial charge is 0.384 e. The molecule has 0 fully saturated rings. The fourth-order valence-electron chi connectivity index (χ4n) is 2.12. The molecule has 0 aliphatic rings. The molecule has 2 aromatic carbocycles. The number of nitrogens with zero attached hydrogens (tertiary/aromatic N) is 1. The van der Waals surface area contributed by atoms with Crippen LogP contribution >= 0.6 is 0 Å². The van der Waals surface area contributed by atoms with Gasteiger partial charge in [0.1, 0.15) is 11.6 Å². The Morgan fingerprint density at radius 1 is 1.10 bits per heavy atom. The quantitative estimate of drug-likeness (QED) is 0.758. The molecule has 0 spiro atoms. The van der Waals surface area contributed by atoms with Crippen molar-refractivity contribution in [3.8, 4) is 0 Å². The summed E-state index contributed by atoms with van der Waals surface area (Å²) in [5, 5.41) is 3.43. The second-order valence-electron chi connectivity index (χ2n) is 4.57. The molecule has 1 heterocycles. The van der Waals surface area contributed by atoms with E-state index in [2.05, 4.69) is 10.3 Å². The first kappa shape index (κ1) is 13.1. The number of benzene rings is 2. The van der Waals surface area contributed by atoms with Crippen molar-refractivity contribution in [2.75, 3.05) is 11.1 Å². The number of nitrogens with one attached hydrogen (secondary N) is 1. The molecular weight excluding hydrogens is 269 g/mol. The van der Waals surface area contributed by atoms with E-state index in [1.807, 2.05) is 12.1 Å². The third-order valence-electron chi connectivity index (χ3n) is 3.08. The Morgan fingerprint density at radius 3 is 2.57 bits per heavy atom. The first-order valence-corrected chi connectivity index (χ1v) is 6.36. The predicted molar refractivity (Wildman–Crippen MR) is 80.5 cm³/mol. The maximum Gasteiger partial charge on any atom is 0.256 e. The van der Waals surface area contributed by atoms with Crippen LogP contribution in [0.5, 0.6) is 0 Å². The fourth-order valence-corrected chi connectivity index (χ4v) is 2.12. The number of rotatable bonds is 2. The molecule has 104 valence electrons. The lowest BCUT2D eigenvalue weighted by molar-refractivity contribution is 0.102. The Morgan fingerprint density at radius 2 is 1.81 bits per heavy atom. The Bertz CT molecular complexity index is 815. The first-order valence-electron chi connectivity index (χ1n) is 6.36. The summed E-state index contributed by atoms with van der Waals surface area (Å²) in [6.07, 6.45) is 0. The summed E-state index contributed by atoms with van der Waals surface area (Å²) < 4.78 is 12.9. The normalized spacial score (nSPS) is 10.5. The number of hydrogen-bond donors (Lipinski definition) is 2. The van der Waals surface area contributed by atoms with Crippen molar-refractivity contribution in [3.63, 3.8) is 0 Å². The van der Waals surface area contributed by atoms with Gasteiger partial charge in [-0.25, -0.2) is 9.37 Å². The van der Waals surface area contributed by atoms with E-state index in [1.54, 1.807) is 12.1 Å². The fraction of sp³-hybridized carbons (Fsp3) is 0. The SMILES string of the molecule is Nc1cc(C(=O)Nc2ccc(F)cc2)c2ccccc2n1. The van der Waals surface area contributed by atoms with Crippen molar-refractivity contribution in [2.24, 2.45) is 0 Å². The van der Waals surface area contributed by atoms with Gasteiger partial charge in [-0.1, -0.05) is 18.2 Å². The van der Waals surface area contributed by atoms with Crippen LogP contribution in [0.3, 0.4) is 0 Å². The molecule has 4 nitrogen and oxygen atoms in total. The van der Waals surface area contributed by atoms with Crippen molar-refractivity contribution in [2.45, 2.75) is 0 Å². The van der Waals surface area contributed by atoms with Gasteiger partial charge in [0.15, 0.2) is 0 Å². The van der Waals surface area contributed by atoms with Crippen LogP contribution in [-0.4, -0.2) is 10.9 Å². The minimum atomic E-state index is -0.355. The van der Waals surface area contributed by atoms with Gasteiger partial charge in [0.2, 0.25) is 0 Å². The van der Waals surface area contributed by atoms with Gasteiger partial charge in [-0.3, -0.25) is 4.79 Å². The molecule has 1 aromatic heterocycles. The summed E-state index contributed by atoms with van der Waals surface area (Å²) in [5.41, 5.74) is 7.34. The first-order chi connectivity index (χ1) is 10.1. The van der Waals surface area contributed by atoms with Crippen LogP contribution in [0.2, 0.25) is 0 Å². The number of amides is 1. The Balaban J connectivity index is 1.99. The van der Waals surface area contributed by atoms with E-state index in [4.69, 9.17) is 5.73 Å². The molecule has 3 N–H and O–H groups in total. The number of nitrogens with two attached hydrogens (primary N) is 1. The molecule has 3 aromatic rings. The summed E-state index contributed by atoms with van der Waals surface area (Å²) in [7, 11) is 0. The van der Waals surface area contributed by atoms with Gasteiger partial charge >= 0.3 is 0 Å². The lowest BCUT2D eigenvalue weighted by Crippen LogP contribution is -2.13. The van der Waals surface area contributed by atoms with E-state index in [0.29, 0.717) is 22.2 Å². The summed E-state index contributed by atoms with van der Waals surface area (Å²) in [6.45, 7) is 0. The second kappa shape index (κ2) is 5.20. The third-order valence-corrected chi connectivity index (χ3v) is 3.08. The highest BCUT2D eigenvalue weighted by molar-refractivity contribution is 6.12. The lowest BCUT2D eigenvalue weighted by atomic mass is 10.1. The summed E-state index contributed by atoms with van der Waals surface area (Å²) in [4.78, 5) is 16.6. The van der Waals surface area contributed by atoms with Gasteiger partial charge in [-0.05, 0) is 36.4 Å². The minimum absolute atomic E-state index is 0.276. The molecule has 0 aliphatic heterocycles. The molecule has 0 atom stereocenters. The Kier molecular flexibility index (Phi) is 3.23. The number of halogens is 1. The van der Waals surface area contributed by atoms with Gasteiger partial charge in [0.25, 0.3) is 5.91 Å². The standard InChI is InChI=1S/C16H12FN3O/c17-10-5-7-11(8-6-10)19-16(21)13-9-15(18)20-14-4-2-1-3-12(13)14/h1-9H,(H2,18,20)(H,19,21). The summed E-state index contributed by atoms with van der Waals surface area (Å²) >= 11 is 0. The van der Waals surface area contributed by atoms with Crippen LogP contribution in [0.4, 0.5) is 15.9 Å². The van der Waals surface area contributed by atoms with E-state index in [9.17, 15) is 9.18 Å². The van der Waals surface area contributed by atoms with Gasteiger partial charge in [0.05, 0.1) is 11.1 Å². The number of fused-ring (bicyclic) bond motifs is 1. The van der Waals surface area contributed by atoms with Crippen LogP contribution in [-0.2, 0) is 0 Å². The zero-order chi connectivity index (χ0) is 14.8. The Hall–Kier alpha value is -2.95. The average Bonchev–Trinajstić information content (AvgIpc) is 2.48. The number of aromatic nitrogens is 1. The maximum absolute atomic E-state index is 12.9. The van der Waals surface area contributed by atoms with Gasteiger partial charge < -0.3 is 11.1 Å². The summed E-state index contributed by atoms with van der Waals surface area (Å²) in [5.74, 6) is -0.392. The monoisotopic (exact) mass is 281 g/mol. The maximum atomic E-state index is 12.9. The van der Waals surface area contributed by atoms with Gasteiger partial charge in [-0.15, -0.1) is 0 Å². The van der Waals surface area contributed by atoms with Crippen LogP contribution in [0.25, 0.3) is 10.9 Å². The number of hydrogen-bond acceptors (Lipinski definition) is 3. The molecule has 5 heteroatoms. The third kappa shape index (κ3) is 2.67. The second-order valence-corrected chi connectivity index (χ2v) is 4.57. The molecule has 3 rings (SSSR count). The number of pyridine rings is 1. The smallest absolute Gasteiger partial charge is 0.256 e. The van der Waals surface area contributed by atoms with E-state index in [1.165, 1.54) is 30.3 Å². The minimum Gasteiger partial charge on any atom is -0.384 e. The van der Waals surface area contributed by atoms with E-state index < -0.39 is 0 Å². The molecule has 0 radical (unpaired) electrons. The number of nitrogen functional groups attached to an aromatic ring is 1. The highest BCUT2D eigenvalue weighted by atomic mass is 19.1.